The molecular weight excluding hydrogens is 356 g/mol. The number of aromatic nitrogens is 3. The third-order valence-electron chi connectivity index (χ3n) is 7.68. The van der Waals surface area contributed by atoms with E-state index in [0.29, 0.717) is 17.2 Å². The van der Waals surface area contributed by atoms with Crippen molar-refractivity contribution in [3.63, 3.8) is 0 Å². The van der Waals surface area contributed by atoms with Crippen LogP contribution in [0, 0.1) is 23.2 Å². The van der Waals surface area contributed by atoms with Crippen LogP contribution in [0.5, 0.6) is 0 Å². The molecule has 0 spiro atoms. The van der Waals surface area contributed by atoms with Gasteiger partial charge in [0, 0.05) is 19.5 Å². The van der Waals surface area contributed by atoms with Crippen LogP contribution in [0.3, 0.4) is 0 Å². The number of thioether (sulfide) groups is 1. The summed E-state index contributed by atoms with van der Waals surface area (Å²) in [5, 5.41) is 13.0. The maximum atomic E-state index is 12.2. The van der Waals surface area contributed by atoms with Gasteiger partial charge in [-0.05, 0) is 74.5 Å². The Morgan fingerprint density at radius 2 is 1.74 bits per heavy atom. The van der Waals surface area contributed by atoms with Crippen LogP contribution in [0.15, 0.2) is 5.16 Å². The van der Waals surface area contributed by atoms with E-state index in [4.69, 9.17) is 0 Å². The summed E-state index contributed by atoms with van der Waals surface area (Å²) in [4.78, 5) is 12.2. The quantitative estimate of drug-likeness (QED) is 0.755. The minimum atomic E-state index is 0.137. The monoisotopic (exact) mass is 388 g/mol. The van der Waals surface area contributed by atoms with E-state index < -0.39 is 0 Å². The number of carbonyl (C=O) groups is 1. The van der Waals surface area contributed by atoms with Gasteiger partial charge in [-0.3, -0.25) is 4.79 Å². The lowest BCUT2D eigenvalue weighted by Gasteiger charge is -2.56. The van der Waals surface area contributed by atoms with E-state index in [1.165, 1.54) is 63.1 Å². The zero-order valence-corrected chi connectivity index (χ0v) is 17.3. The van der Waals surface area contributed by atoms with E-state index in [1.807, 2.05) is 0 Å². The number of rotatable bonds is 6. The van der Waals surface area contributed by atoms with Crippen molar-refractivity contribution < 1.29 is 4.79 Å². The Morgan fingerprint density at radius 1 is 1.11 bits per heavy atom. The first kappa shape index (κ1) is 18.0. The largest absolute Gasteiger partial charge is 0.353 e. The molecule has 1 aromatic heterocycles. The van der Waals surface area contributed by atoms with Crippen molar-refractivity contribution in [2.24, 2.45) is 30.2 Å². The Labute approximate surface area is 166 Å². The SMILES string of the molecule is Cn1c(CC23CC4CC(CC(C4)C2)C3)nnc1SCC(=O)NC1CCCC1. The minimum Gasteiger partial charge on any atom is -0.353 e. The molecule has 0 aromatic carbocycles. The minimum absolute atomic E-state index is 0.137. The van der Waals surface area contributed by atoms with Gasteiger partial charge in [-0.1, -0.05) is 24.6 Å². The van der Waals surface area contributed by atoms with Gasteiger partial charge in [0.05, 0.1) is 5.75 Å². The topological polar surface area (TPSA) is 59.8 Å². The maximum Gasteiger partial charge on any atom is 0.230 e. The first-order valence-electron chi connectivity index (χ1n) is 10.9. The second-order valence-corrected chi connectivity index (χ2v) is 10.8. The summed E-state index contributed by atoms with van der Waals surface area (Å²) in [6.07, 6.45) is 14.5. The van der Waals surface area contributed by atoms with Crippen LogP contribution in [0.2, 0.25) is 0 Å². The first-order valence-corrected chi connectivity index (χ1v) is 11.9. The molecule has 5 saturated carbocycles. The Kier molecular flexibility index (Phi) is 4.73. The Hall–Kier alpha value is -1.04. The molecule has 6 rings (SSSR count). The molecule has 148 valence electrons. The summed E-state index contributed by atoms with van der Waals surface area (Å²) in [6, 6.07) is 0.393. The van der Waals surface area contributed by atoms with E-state index in [0.717, 1.165) is 48.0 Å². The molecule has 1 amide bonds. The standard InChI is InChI=1S/C21H32N4OS/c1-25-18(12-21-9-14-6-15(10-21)8-16(7-14)11-21)23-24-20(25)27-13-19(26)22-17-4-2-3-5-17/h14-17H,2-13H2,1H3,(H,22,26). The van der Waals surface area contributed by atoms with Gasteiger partial charge in [0.1, 0.15) is 5.82 Å². The molecule has 0 saturated heterocycles. The zero-order chi connectivity index (χ0) is 18.4. The second-order valence-electron chi connectivity index (χ2n) is 9.89. The van der Waals surface area contributed by atoms with Gasteiger partial charge >= 0.3 is 0 Å². The lowest BCUT2D eigenvalue weighted by atomic mass is 9.49. The van der Waals surface area contributed by atoms with Gasteiger partial charge in [-0.15, -0.1) is 10.2 Å². The average molecular weight is 389 g/mol. The summed E-state index contributed by atoms with van der Waals surface area (Å²) < 4.78 is 2.14. The van der Waals surface area contributed by atoms with Crippen LogP contribution < -0.4 is 5.32 Å². The van der Waals surface area contributed by atoms with Gasteiger partial charge in [0.25, 0.3) is 0 Å². The van der Waals surface area contributed by atoms with Crippen molar-refractivity contribution in [2.45, 2.75) is 81.8 Å². The molecule has 6 heteroatoms. The summed E-state index contributed by atoms with van der Waals surface area (Å²) >= 11 is 1.53. The summed E-state index contributed by atoms with van der Waals surface area (Å²) in [7, 11) is 2.08. The van der Waals surface area contributed by atoms with Gasteiger partial charge < -0.3 is 9.88 Å². The molecule has 5 aliphatic rings. The molecular formula is C21H32N4OS. The van der Waals surface area contributed by atoms with E-state index in [2.05, 4.69) is 27.1 Å². The highest BCUT2D eigenvalue weighted by atomic mass is 32.2. The van der Waals surface area contributed by atoms with Crippen molar-refractivity contribution >= 4 is 17.7 Å². The lowest BCUT2D eigenvalue weighted by molar-refractivity contribution is -0.119. The van der Waals surface area contributed by atoms with Crippen molar-refractivity contribution in [2.75, 3.05) is 5.75 Å². The summed E-state index contributed by atoms with van der Waals surface area (Å²) in [6.45, 7) is 0. The number of hydrogen-bond acceptors (Lipinski definition) is 4. The molecule has 0 aliphatic heterocycles. The highest BCUT2D eigenvalue weighted by molar-refractivity contribution is 7.99. The van der Waals surface area contributed by atoms with E-state index in [9.17, 15) is 4.79 Å². The maximum absolute atomic E-state index is 12.2. The van der Waals surface area contributed by atoms with Gasteiger partial charge in [0.2, 0.25) is 5.91 Å². The molecule has 5 fully saturated rings. The van der Waals surface area contributed by atoms with Crippen LogP contribution in [0.25, 0.3) is 0 Å². The summed E-state index contributed by atoms with van der Waals surface area (Å²) in [5.74, 6) is 4.61. The fraction of sp³-hybridized carbons (Fsp3) is 0.857. The Balaban J connectivity index is 1.20. The highest BCUT2D eigenvalue weighted by Crippen LogP contribution is 2.60. The Morgan fingerprint density at radius 3 is 2.37 bits per heavy atom. The van der Waals surface area contributed by atoms with Gasteiger partial charge in [0.15, 0.2) is 5.16 Å². The lowest BCUT2D eigenvalue weighted by Crippen LogP contribution is -2.47. The molecule has 1 aromatic rings. The van der Waals surface area contributed by atoms with Crippen molar-refractivity contribution in [1.29, 1.82) is 0 Å². The predicted octanol–water partition coefficient (Wildman–Crippen LogP) is 3.72. The molecule has 0 atom stereocenters. The van der Waals surface area contributed by atoms with E-state index in [1.54, 1.807) is 0 Å². The average Bonchev–Trinajstić information content (AvgIpc) is 3.23. The van der Waals surface area contributed by atoms with Crippen LogP contribution in [0.4, 0.5) is 0 Å². The fourth-order valence-electron chi connectivity index (χ4n) is 6.94. The smallest absolute Gasteiger partial charge is 0.230 e. The predicted molar refractivity (Wildman–Crippen MR) is 106 cm³/mol. The normalized spacial score (nSPS) is 35.1. The summed E-state index contributed by atoms with van der Waals surface area (Å²) in [5.41, 5.74) is 0.483. The fourth-order valence-corrected chi connectivity index (χ4v) is 7.68. The van der Waals surface area contributed by atoms with Crippen LogP contribution in [-0.4, -0.2) is 32.5 Å². The number of carbonyl (C=O) groups excluding carboxylic acids is 1. The van der Waals surface area contributed by atoms with E-state index in [-0.39, 0.29) is 5.91 Å². The number of nitrogens with one attached hydrogen (secondary N) is 1. The van der Waals surface area contributed by atoms with Gasteiger partial charge in [-0.2, -0.15) is 0 Å². The molecule has 0 unspecified atom stereocenters. The first-order chi connectivity index (χ1) is 13.1. The van der Waals surface area contributed by atoms with E-state index >= 15 is 0 Å². The molecule has 5 nitrogen and oxygen atoms in total. The van der Waals surface area contributed by atoms with Crippen LogP contribution >= 0.6 is 11.8 Å². The molecule has 5 aliphatic carbocycles. The molecule has 27 heavy (non-hydrogen) atoms. The molecule has 1 heterocycles. The Bertz CT molecular complexity index is 674. The van der Waals surface area contributed by atoms with Gasteiger partial charge in [-0.25, -0.2) is 0 Å². The molecule has 0 radical (unpaired) electrons. The second kappa shape index (κ2) is 7.09. The zero-order valence-electron chi connectivity index (χ0n) is 16.5. The third-order valence-corrected chi connectivity index (χ3v) is 8.70. The van der Waals surface area contributed by atoms with Crippen molar-refractivity contribution in [1.82, 2.24) is 20.1 Å². The third kappa shape index (κ3) is 3.66. The van der Waals surface area contributed by atoms with Crippen LogP contribution in [0.1, 0.15) is 70.0 Å². The number of hydrogen-bond donors (Lipinski definition) is 1. The number of amides is 1. The van der Waals surface area contributed by atoms with Crippen LogP contribution in [-0.2, 0) is 18.3 Å². The highest BCUT2D eigenvalue weighted by Gasteiger charge is 2.51. The number of nitrogens with zero attached hydrogens (tertiary/aromatic N) is 3. The molecule has 4 bridgehead atoms. The van der Waals surface area contributed by atoms with Crippen molar-refractivity contribution in [3.8, 4) is 0 Å². The molecule has 1 N–H and O–H groups in total. The van der Waals surface area contributed by atoms with Crippen molar-refractivity contribution in [3.05, 3.63) is 5.82 Å².